The zero-order chi connectivity index (χ0) is 12.8. The van der Waals surface area contributed by atoms with Gasteiger partial charge in [0.05, 0.1) is 0 Å². The SMILES string of the molecule is Cc1ccc(C)c(CC(=O)CCC(C)CN)c1. The molecule has 1 rings (SSSR count). The lowest BCUT2D eigenvalue weighted by molar-refractivity contribution is -0.118. The molecule has 1 unspecified atom stereocenters. The number of Topliss-reactive ketones (excluding diaryl/α,β-unsaturated/α-hetero) is 1. The third kappa shape index (κ3) is 4.70. The van der Waals surface area contributed by atoms with Gasteiger partial charge in [0.15, 0.2) is 0 Å². The molecular formula is C15H23NO. The van der Waals surface area contributed by atoms with Crippen molar-refractivity contribution in [3.63, 3.8) is 0 Å². The van der Waals surface area contributed by atoms with Crippen molar-refractivity contribution in [2.24, 2.45) is 11.7 Å². The van der Waals surface area contributed by atoms with Crippen molar-refractivity contribution in [3.8, 4) is 0 Å². The molecule has 2 nitrogen and oxygen atoms in total. The smallest absolute Gasteiger partial charge is 0.137 e. The van der Waals surface area contributed by atoms with Crippen molar-refractivity contribution in [2.75, 3.05) is 6.54 Å². The minimum Gasteiger partial charge on any atom is -0.330 e. The Morgan fingerprint density at radius 1 is 1.35 bits per heavy atom. The normalized spacial score (nSPS) is 12.5. The van der Waals surface area contributed by atoms with E-state index in [-0.39, 0.29) is 0 Å². The molecule has 1 atom stereocenters. The topological polar surface area (TPSA) is 43.1 Å². The first kappa shape index (κ1) is 13.9. The number of hydrogen-bond acceptors (Lipinski definition) is 2. The first-order valence-corrected chi connectivity index (χ1v) is 6.30. The van der Waals surface area contributed by atoms with Crippen LogP contribution in [0.15, 0.2) is 18.2 Å². The van der Waals surface area contributed by atoms with Crippen LogP contribution in [-0.2, 0) is 11.2 Å². The Kier molecular flexibility index (Phi) is 5.36. The van der Waals surface area contributed by atoms with Crippen molar-refractivity contribution in [1.82, 2.24) is 0 Å². The van der Waals surface area contributed by atoms with E-state index in [1.165, 1.54) is 11.1 Å². The van der Waals surface area contributed by atoms with Crippen LogP contribution in [0.1, 0.15) is 36.5 Å². The molecular weight excluding hydrogens is 210 g/mol. The van der Waals surface area contributed by atoms with E-state index in [1.54, 1.807) is 0 Å². The summed E-state index contributed by atoms with van der Waals surface area (Å²) in [6.07, 6.45) is 2.11. The van der Waals surface area contributed by atoms with Gasteiger partial charge in [-0.15, -0.1) is 0 Å². The fourth-order valence-corrected chi connectivity index (χ4v) is 1.82. The van der Waals surface area contributed by atoms with Crippen LogP contribution in [0.25, 0.3) is 0 Å². The molecule has 1 aromatic carbocycles. The maximum absolute atomic E-state index is 11.9. The van der Waals surface area contributed by atoms with E-state index in [4.69, 9.17) is 5.73 Å². The second-order valence-electron chi connectivity index (χ2n) is 5.02. The molecule has 0 aliphatic heterocycles. The highest BCUT2D eigenvalue weighted by molar-refractivity contribution is 5.81. The fraction of sp³-hybridized carbons (Fsp3) is 0.533. The van der Waals surface area contributed by atoms with E-state index in [0.717, 1.165) is 12.0 Å². The molecule has 0 bridgehead atoms. The molecule has 0 aliphatic rings. The van der Waals surface area contributed by atoms with Crippen LogP contribution in [0.5, 0.6) is 0 Å². The van der Waals surface area contributed by atoms with E-state index in [9.17, 15) is 4.79 Å². The molecule has 0 radical (unpaired) electrons. The molecule has 0 aliphatic carbocycles. The van der Waals surface area contributed by atoms with Gasteiger partial charge in [-0.2, -0.15) is 0 Å². The molecule has 17 heavy (non-hydrogen) atoms. The summed E-state index contributed by atoms with van der Waals surface area (Å²) in [5.41, 5.74) is 9.13. The van der Waals surface area contributed by atoms with E-state index in [2.05, 4.69) is 39.0 Å². The van der Waals surface area contributed by atoms with Crippen LogP contribution in [0.3, 0.4) is 0 Å². The van der Waals surface area contributed by atoms with Crippen LogP contribution in [0.2, 0.25) is 0 Å². The van der Waals surface area contributed by atoms with Crippen molar-refractivity contribution in [3.05, 3.63) is 34.9 Å². The molecule has 0 fully saturated rings. The van der Waals surface area contributed by atoms with Crippen molar-refractivity contribution < 1.29 is 4.79 Å². The molecule has 0 saturated carbocycles. The molecule has 1 aromatic rings. The molecule has 0 heterocycles. The largest absolute Gasteiger partial charge is 0.330 e. The van der Waals surface area contributed by atoms with E-state index < -0.39 is 0 Å². The molecule has 2 heteroatoms. The first-order chi connectivity index (χ1) is 8.02. The van der Waals surface area contributed by atoms with Crippen LogP contribution in [-0.4, -0.2) is 12.3 Å². The highest BCUT2D eigenvalue weighted by Gasteiger charge is 2.08. The number of aryl methyl sites for hydroxylation is 2. The average Bonchev–Trinajstić information content (AvgIpc) is 2.30. The Morgan fingerprint density at radius 3 is 2.71 bits per heavy atom. The monoisotopic (exact) mass is 233 g/mol. The van der Waals surface area contributed by atoms with Crippen LogP contribution < -0.4 is 5.73 Å². The highest BCUT2D eigenvalue weighted by atomic mass is 16.1. The number of rotatable bonds is 6. The molecule has 0 aromatic heterocycles. The lowest BCUT2D eigenvalue weighted by Gasteiger charge is -2.09. The van der Waals surface area contributed by atoms with Gasteiger partial charge in [-0.05, 0) is 43.9 Å². The number of benzene rings is 1. The summed E-state index contributed by atoms with van der Waals surface area (Å²) in [4.78, 5) is 11.9. The van der Waals surface area contributed by atoms with Crippen LogP contribution in [0.4, 0.5) is 0 Å². The van der Waals surface area contributed by atoms with Crippen molar-refractivity contribution in [1.29, 1.82) is 0 Å². The predicted molar refractivity (Wildman–Crippen MR) is 72.1 cm³/mol. The van der Waals surface area contributed by atoms with Gasteiger partial charge in [0.2, 0.25) is 0 Å². The molecule has 94 valence electrons. The lowest BCUT2D eigenvalue weighted by Crippen LogP contribution is -2.13. The van der Waals surface area contributed by atoms with Crippen LogP contribution in [0, 0.1) is 19.8 Å². The molecule has 2 N–H and O–H groups in total. The second-order valence-corrected chi connectivity index (χ2v) is 5.02. The quantitative estimate of drug-likeness (QED) is 0.821. The number of carbonyl (C=O) groups excluding carboxylic acids is 1. The Balaban J connectivity index is 2.53. The van der Waals surface area contributed by atoms with E-state index in [0.29, 0.717) is 31.1 Å². The Morgan fingerprint density at radius 2 is 2.06 bits per heavy atom. The highest BCUT2D eigenvalue weighted by Crippen LogP contribution is 2.13. The Labute approximate surface area is 104 Å². The fourth-order valence-electron chi connectivity index (χ4n) is 1.82. The minimum atomic E-state index is 0.319. The Hall–Kier alpha value is -1.15. The summed E-state index contributed by atoms with van der Waals surface area (Å²) < 4.78 is 0. The third-order valence-electron chi connectivity index (χ3n) is 3.21. The predicted octanol–water partition coefficient (Wildman–Crippen LogP) is 2.79. The van der Waals surface area contributed by atoms with Gasteiger partial charge in [-0.25, -0.2) is 0 Å². The summed E-state index contributed by atoms with van der Waals surface area (Å²) in [7, 11) is 0. The molecule has 0 saturated heterocycles. The summed E-state index contributed by atoms with van der Waals surface area (Å²) in [5.74, 6) is 0.761. The van der Waals surface area contributed by atoms with Gasteiger partial charge in [0, 0.05) is 12.8 Å². The number of hydrogen-bond donors (Lipinski definition) is 1. The minimum absolute atomic E-state index is 0.319. The van der Waals surface area contributed by atoms with Gasteiger partial charge in [-0.3, -0.25) is 4.79 Å². The summed E-state index contributed by atoms with van der Waals surface area (Å²) in [5, 5.41) is 0. The number of carbonyl (C=O) groups is 1. The van der Waals surface area contributed by atoms with Gasteiger partial charge < -0.3 is 5.73 Å². The Bertz CT molecular complexity index is 385. The van der Waals surface area contributed by atoms with Crippen molar-refractivity contribution in [2.45, 2.75) is 40.0 Å². The van der Waals surface area contributed by atoms with E-state index in [1.807, 2.05) is 0 Å². The van der Waals surface area contributed by atoms with Gasteiger partial charge in [0.1, 0.15) is 5.78 Å². The van der Waals surface area contributed by atoms with Gasteiger partial charge >= 0.3 is 0 Å². The van der Waals surface area contributed by atoms with Crippen LogP contribution >= 0.6 is 0 Å². The lowest BCUT2D eigenvalue weighted by atomic mass is 9.97. The second kappa shape index (κ2) is 6.55. The maximum atomic E-state index is 11.9. The zero-order valence-corrected chi connectivity index (χ0v) is 11.1. The zero-order valence-electron chi connectivity index (χ0n) is 11.1. The number of nitrogens with two attached hydrogens (primary N) is 1. The maximum Gasteiger partial charge on any atom is 0.137 e. The average molecular weight is 233 g/mol. The standard InChI is InChI=1S/C15H23NO/c1-11-4-6-13(3)14(8-11)9-15(17)7-5-12(2)10-16/h4,6,8,12H,5,7,9-10,16H2,1-3H3. The summed E-state index contributed by atoms with van der Waals surface area (Å²) in [6.45, 7) is 6.87. The number of ketones is 1. The van der Waals surface area contributed by atoms with Gasteiger partial charge in [-0.1, -0.05) is 30.7 Å². The summed E-state index contributed by atoms with van der Waals surface area (Å²) in [6, 6.07) is 6.28. The summed E-state index contributed by atoms with van der Waals surface area (Å²) >= 11 is 0. The van der Waals surface area contributed by atoms with E-state index >= 15 is 0 Å². The van der Waals surface area contributed by atoms with Crippen molar-refractivity contribution >= 4 is 5.78 Å². The van der Waals surface area contributed by atoms with Gasteiger partial charge in [0.25, 0.3) is 0 Å². The molecule has 0 spiro atoms. The third-order valence-corrected chi connectivity index (χ3v) is 3.21. The molecule has 0 amide bonds. The first-order valence-electron chi connectivity index (χ1n) is 6.30.